The summed E-state index contributed by atoms with van der Waals surface area (Å²) < 4.78 is 5.29. The number of hydrogen-bond donors (Lipinski definition) is 6. The number of carbonyl (C=O) groups excluding carboxylic acids is 5. The lowest BCUT2D eigenvalue weighted by molar-refractivity contribution is -0.142. The first-order valence-electron chi connectivity index (χ1n) is 15.8. The summed E-state index contributed by atoms with van der Waals surface area (Å²) >= 11 is 0. The predicted octanol–water partition coefficient (Wildman–Crippen LogP) is 1.34. The van der Waals surface area contributed by atoms with Crippen LogP contribution in [0.4, 0.5) is 5.69 Å². The van der Waals surface area contributed by atoms with Crippen molar-refractivity contribution in [2.45, 2.75) is 77.0 Å². The molecule has 0 spiro atoms. The van der Waals surface area contributed by atoms with Crippen molar-refractivity contribution >= 4 is 52.2 Å². The van der Waals surface area contributed by atoms with Crippen LogP contribution >= 0.6 is 0 Å². The zero-order valence-electron chi connectivity index (χ0n) is 27.3. The van der Waals surface area contributed by atoms with E-state index >= 15 is 0 Å². The Hall–Kier alpha value is -5.73. The lowest BCUT2D eigenvalue weighted by atomic mass is 10.0. The third-order valence-corrected chi connectivity index (χ3v) is 8.13. The van der Waals surface area contributed by atoms with E-state index in [1.165, 1.54) is 43.0 Å². The Morgan fingerprint density at radius 1 is 0.918 bits per heavy atom. The molecule has 5 amide bonds. The van der Waals surface area contributed by atoms with Gasteiger partial charge in [0.15, 0.2) is 0 Å². The summed E-state index contributed by atoms with van der Waals surface area (Å²) in [5.74, 6) is -4.12. The van der Waals surface area contributed by atoms with Crippen LogP contribution in [0, 0.1) is 6.92 Å². The van der Waals surface area contributed by atoms with Gasteiger partial charge in [0.2, 0.25) is 29.5 Å². The zero-order chi connectivity index (χ0) is 35.8. The fourth-order valence-corrected chi connectivity index (χ4v) is 5.53. The number of phenols is 1. The Kier molecular flexibility index (Phi) is 11.7. The van der Waals surface area contributed by atoms with Crippen LogP contribution in [0.2, 0.25) is 0 Å². The molecule has 0 radical (unpaired) electrons. The molecule has 1 fully saturated rings. The van der Waals surface area contributed by atoms with Gasteiger partial charge in [-0.05, 0) is 69.0 Å². The molecule has 3 aromatic rings. The van der Waals surface area contributed by atoms with Crippen molar-refractivity contribution in [2.24, 2.45) is 0 Å². The highest BCUT2D eigenvalue weighted by molar-refractivity contribution is 6.00. The minimum Gasteiger partial charge on any atom is -0.508 e. The van der Waals surface area contributed by atoms with Gasteiger partial charge in [-0.2, -0.15) is 0 Å². The molecular weight excluding hydrogens is 638 g/mol. The lowest BCUT2D eigenvalue weighted by Gasteiger charge is -2.29. The van der Waals surface area contributed by atoms with Crippen molar-refractivity contribution in [3.63, 3.8) is 0 Å². The Morgan fingerprint density at radius 2 is 1.63 bits per heavy atom. The monoisotopic (exact) mass is 677 g/mol. The number of nitrogens with zero attached hydrogens (tertiary/aromatic N) is 1. The number of aliphatic carboxylic acids is 1. The summed E-state index contributed by atoms with van der Waals surface area (Å²) in [5, 5.41) is 29.6. The SMILES string of the molecule is Cc1cc(=O)oc2cc(NC(=O)[C@H](Cc3ccc(O)cc3)NC(=O)[C@@H]3CCCN3C(=O)[C@H](C)NC(=O)[C@H](C)NC(=O)CCC(=O)O)ccc12. The predicted molar refractivity (Wildman–Crippen MR) is 176 cm³/mol. The molecule has 0 aliphatic carbocycles. The van der Waals surface area contributed by atoms with E-state index in [2.05, 4.69) is 21.3 Å². The number of amides is 5. The maximum atomic E-state index is 13.7. The first-order chi connectivity index (χ1) is 23.2. The van der Waals surface area contributed by atoms with E-state index in [0.29, 0.717) is 35.0 Å². The van der Waals surface area contributed by atoms with Crippen LogP contribution in [-0.4, -0.2) is 81.3 Å². The number of hydrogen-bond acceptors (Lipinski definition) is 9. The average Bonchev–Trinajstić information content (AvgIpc) is 3.54. The number of nitrogens with one attached hydrogen (secondary N) is 4. The third kappa shape index (κ3) is 9.65. The maximum absolute atomic E-state index is 13.7. The van der Waals surface area contributed by atoms with Gasteiger partial charge in [-0.1, -0.05) is 12.1 Å². The van der Waals surface area contributed by atoms with Crippen molar-refractivity contribution in [2.75, 3.05) is 11.9 Å². The molecule has 0 unspecified atom stereocenters. The Balaban J connectivity index is 1.45. The summed E-state index contributed by atoms with van der Waals surface area (Å²) in [7, 11) is 0. The summed E-state index contributed by atoms with van der Waals surface area (Å²) in [6, 6.07) is 8.19. The first-order valence-corrected chi connectivity index (χ1v) is 15.8. The Bertz CT molecular complexity index is 1810. The van der Waals surface area contributed by atoms with E-state index in [0.717, 1.165) is 0 Å². The molecule has 0 bridgehead atoms. The number of rotatable bonds is 13. The van der Waals surface area contributed by atoms with Crippen molar-refractivity contribution in [1.29, 1.82) is 0 Å². The molecular formula is C34H39N5O10. The van der Waals surface area contributed by atoms with Crippen molar-refractivity contribution < 1.29 is 43.4 Å². The summed E-state index contributed by atoms with van der Waals surface area (Å²) in [6.45, 7) is 4.83. The number of carbonyl (C=O) groups is 6. The largest absolute Gasteiger partial charge is 0.508 e. The van der Waals surface area contributed by atoms with E-state index in [1.807, 2.05) is 0 Å². The quantitative estimate of drug-likeness (QED) is 0.142. The van der Waals surface area contributed by atoms with E-state index in [-0.39, 0.29) is 30.7 Å². The number of aryl methyl sites for hydroxylation is 1. The first kappa shape index (κ1) is 36.1. The van der Waals surface area contributed by atoms with Crippen molar-refractivity contribution in [3.05, 3.63) is 70.1 Å². The maximum Gasteiger partial charge on any atom is 0.336 e. The Labute approximate surface area is 281 Å². The number of carboxylic acids is 1. The van der Waals surface area contributed by atoms with Gasteiger partial charge < -0.3 is 40.8 Å². The van der Waals surface area contributed by atoms with Gasteiger partial charge in [-0.15, -0.1) is 0 Å². The number of aromatic hydroxyl groups is 1. The summed E-state index contributed by atoms with van der Waals surface area (Å²) in [6.07, 6.45) is 0.149. The van der Waals surface area contributed by atoms with Gasteiger partial charge >= 0.3 is 11.6 Å². The molecule has 15 heteroatoms. The van der Waals surface area contributed by atoms with Crippen molar-refractivity contribution in [3.8, 4) is 5.75 Å². The van der Waals surface area contributed by atoms with Gasteiger partial charge in [0.05, 0.1) is 6.42 Å². The smallest absolute Gasteiger partial charge is 0.336 e. The van der Waals surface area contributed by atoms with Gasteiger partial charge in [0.1, 0.15) is 35.5 Å². The molecule has 15 nitrogen and oxygen atoms in total. The van der Waals surface area contributed by atoms with E-state index in [4.69, 9.17) is 9.52 Å². The molecule has 1 aliphatic heterocycles. The van der Waals surface area contributed by atoms with E-state index in [9.17, 15) is 38.7 Å². The second-order valence-electron chi connectivity index (χ2n) is 12.0. The molecule has 1 aliphatic rings. The molecule has 4 atom stereocenters. The lowest BCUT2D eigenvalue weighted by Crippen LogP contribution is -2.56. The molecule has 2 heterocycles. The number of phenolic OH excluding ortho intramolecular Hbond substituents is 1. The van der Waals surface area contributed by atoms with Gasteiger partial charge in [-0.3, -0.25) is 28.8 Å². The summed E-state index contributed by atoms with van der Waals surface area (Å²) in [4.78, 5) is 89.2. The molecule has 6 N–H and O–H groups in total. The highest BCUT2D eigenvalue weighted by atomic mass is 16.4. The fraction of sp³-hybridized carbons (Fsp3) is 0.382. The third-order valence-electron chi connectivity index (χ3n) is 8.13. The molecule has 4 rings (SSSR count). The van der Waals surface area contributed by atoms with Crippen LogP contribution in [0.5, 0.6) is 5.75 Å². The highest BCUT2D eigenvalue weighted by Gasteiger charge is 2.38. The van der Waals surface area contributed by atoms with Crippen molar-refractivity contribution in [1.82, 2.24) is 20.9 Å². The van der Waals surface area contributed by atoms with Gasteiger partial charge in [-0.25, -0.2) is 4.79 Å². The summed E-state index contributed by atoms with van der Waals surface area (Å²) in [5.41, 5.74) is 1.41. The molecule has 49 heavy (non-hydrogen) atoms. The molecule has 260 valence electrons. The number of fused-ring (bicyclic) bond motifs is 1. The normalized spacial score (nSPS) is 15.9. The molecule has 1 saturated heterocycles. The standard InChI is InChI=1S/C34H39N5O10/c1-18-15-30(44)49-27-17-22(8-11-24(18)27)37-32(46)25(16-21-6-9-23(40)10-7-21)38-33(47)26-5-4-14-39(26)34(48)20(3)36-31(45)19(2)35-28(41)12-13-29(42)43/h6-11,15,17,19-20,25-26,40H,4-5,12-14,16H2,1-3H3,(H,35,41)(H,36,45)(H,37,46)(H,38,47)(H,42,43)/t19-,20-,25-,26-/m0/s1. The van der Waals surface area contributed by atoms with E-state index in [1.54, 1.807) is 31.2 Å². The number of likely N-dealkylation sites (tertiary alicyclic amines) is 1. The van der Waals surface area contributed by atoms with Gasteiger partial charge in [0, 0.05) is 42.6 Å². The Morgan fingerprint density at radius 3 is 2.33 bits per heavy atom. The van der Waals surface area contributed by atoms with E-state index < -0.39 is 71.7 Å². The second-order valence-corrected chi connectivity index (χ2v) is 12.0. The molecule has 1 aromatic heterocycles. The number of benzene rings is 2. The minimum atomic E-state index is -1.15. The zero-order valence-corrected chi connectivity index (χ0v) is 27.3. The van der Waals surface area contributed by atoms with Crippen LogP contribution in [0.3, 0.4) is 0 Å². The molecule has 2 aromatic carbocycles. The van der Waals surface area contributed by atoms with Crippen LogP contribution in [-0.2, 0) is 35.2 Å². The van der Waals surface area contributed by atoms with Crippen LogP contribution in [0.1, 0.15) is 50.7 Å². The number of anilines is 1. The number of carboxylic acid groups (broad SMARTS) is 1. The highest BCUT2D eigenvalue weighted by Crippen LogP contribution is 2.22. The fourth-order valence-electron chi connectivity index (χ4n) is 5.53. The second kappa shape index (κ2) is 15.9. The van der Waals surface area contributed by atoms with Crippen LogP contribution in [0.15, 0.2) is 57.7 Å². The van der Waals surface area contributed by atoms with Crippen LogP contribution in [0.25, 0.3) is 11.0 Å². The molecule has 0 saturated carbocycles. The average molecular weight is 678 g/mol. The minimum absolute atomic E-state index is 0.0259. The van der Waals surface area contributed by atoms with Gasteiger partial charge in [0.25, 0.3) is 0 Å². The van der Waals surface area contributed by atoms with Crippen LogP contribution < -0.4 is 26.9 Å². The topological polar surface area (TPSA) is 224 Å².